The zero-order valence-corrected chi connectivity index (χ0v) is 9.78. The molecule has 1 aromatic heterocycles. The minimum Gasteiger partial charge on any atom is -0.323 e. The molecule has 1 heterocycles. The Morgan fingerprint density at radius 3 is 2.67 bits per heavy atom. The molecule has 0 saturated carbocycles. The Morgan fingerprint density at radius 1 is 1.58 bits per heavy atom. The number of thiophene rings is 1. The predicted molar refractivity (Wildman–Crippen MR) is 58.4 cm³/mol. The van der Waals surface area contributed by atoms with Crippen LogP contribution in [0.25, 0.3) is 0 Å². The summed E-state index contributed by atoms with van der Waals surface area (Å²) >= 11 is 5.15. The summed E-state index contributed by atoms with van der Waals surface area (Å²) < 4.78 is 1.14. The smallest absolute Gasteiger partial charge is 0.0392 e. The summed E-state index contributed by atoms with van der Waals surface area (Å²) in [5.74, 6) is 0.667. The second kappa shape index (κ2) is 4.40. The van der Waals surface area contributed by atoms with E-state index < -0.39 is 0 Å². The fourth-order valence-electron chi connectivity index (χ4n) is 1.15. The summed E-state index contributed by atoms with van der Waals surface area (Å²) in [5.41, 5.74) is 6.00. The molecule has 12 heavy (non-hydrogen) atoms. The van der Waals surface area contributed by atoms with Gasteiger partial charge in [0.05, 0.1) is 0 Å². The molecule has 0 aliphatic heterocycles. The van der Waals surface area contributed by atoms with E-state index >= 15 is 0 Å². The predicted octanol–water partition coefficient (Wildman–Crippen LogP) is 3.56. The lowest BCUT2D eigenvalue weighted by atomic mass is 10.0. The molecule has 1 atom stereocenters. The third-order valence-electron chi connectivity index (χ3n) is 1.68. The molecule has 1 unspecified atom stereocenters. The van der Waals surface area contributed by atoms with Gasteiger partial charge in [-0.05, 0) is 34.3 Å². The highest BCUT2D eigenvalue weighted by molar-refractivity contribution is 9.10. The fraction of sp³-hybridized carbons (Fsp3) is 0.556. The summed E-state index contributed by atoms with van der Waals surface area (Å²) in [7, 11) is 0. The van der Waals surface area contributed by atoms with E-state index in [2.05, 4.69) is 41.2 Å². The normalized spacial score (nSPS) is 13.8. The van der Waals surface area contributed by atoms with Crippen LogP contribution >= 0.6 is 27.3 Å². The Bertz CT molecular complexity index is 244. The first-order valence-electron chi connectivity index (χ1n) is 4.09. The monoisotopic (exact) mass is 247 g/mol. The minimum absolute atomic E-state index is 0.210. The first kappa shape index (κ1) is 10.2. The van der Waals surface area contributed by atoms with Crippen molar-refractivity contribution in [2.75, 3.05) is 0 Å². The number of rotatable bonds is 3. The second-order valence-electron chi connectivity index (χ2n) is 3.40. The third-order valence-corrected chi connectivity index (χ3v) is 3.50. The molecule has 0 amide bonds. The lowest BCUT2D eigenvalue weighted by Gasteiger charge is -2.11. The quantitative estimate of drug-likeness (QED) is 0.869. The second-order valence-corrected chi connectivity index (χ2v) is 5.26. The highest BCUT2D eigenvalue weighted by Crippen LogP contribution is 2.27. The van der Waals surface area contributed by atoms with Gasteiger partial charge in [-0.1, -0.05) is 13.8 Å². The number of nitrogens with two attached hydrogens (primary N) is 1. The van der Waals surface area contributed by atoms with Crippen LogP contribution in [0.3, 0.4) is 0 Å². The van der Waals surface area contributed by atoms with E-state index in [-0.39, 0.29) is 6.04 Å². The van der Waals surface area contributed by atoms with Gasteiger partial charge in [-0.25, -0.2) is 0 Å². The largest absolute Gasteiger partial charge is 0.323 e. The van der Waals surface area contributed by atoms with Gasteiger partial charge in [0.2, 0.25) is 0 Å². The lowest BCUT2D eigenvalue weighted by Crippen LogP contribution is -2.11. The van der Waals surface area contributed by atoms with E-state index in [1.807, 2.05) is 0 Å². The zero-order valence-electron chi connectivity index (χ0n) is 7.38. The first-order chi connectivity index (χ1) is 5.59. The Hall–Kier alpha value is 0.140. The Kier molecular flexibility index (Phi) is 3.75. The van der Waals surface area contributed by atoms with Crippen LogP contribution in [-0.4, -0.2) is 0 Å². The summed E-state index contributed by atoms with van der Waals surface area (Å²) in [4.78, 5) is 1.27. The molecule has 0 bridgehead atoms. The first-order valence-corrected chi connectivity index (χ1v) is 5.76. The fourth-order valence-corrected chi connectivity index (χ4v) is 2.61. The van der Waals surface area contributed by atoms with Gasteiger partial charge in [0.15, 0.2) is 0 Å². The summed E-state index contributed by atoms with van der Waals surface area (Å²) in [6.45, 7) is 4.39. The van der Waals surface area contributed by atoms with Gasteiger partial charge >= 0.3 is 0 Å². The summed E-state index contributed by atoms with van der Waals surface area (Å²) in [5, 5.41) is 2.08. The van der Waals surface area contributed by atoms with Gasteiger partial charge < -0.3 is 5.73 Å². The van der Waals surface area contributed by atoms with E-state index in [4.69, 9.17) is 5.73 Å². The van der Waals surface area contributed by atoms with Crippen molar-refractivity contribution >= 4 is 27.3 Å². The van der Waals surface area contributed by atoms with Gasteiger partial charge in [-0.2, -0.15) is 0 Å². The molecule has 0 aromatic carbocycles. The molecule has 0 spiro atoms. The third kappa shape index (κ3) is 2.88. The minimum atomic E-state index is 0.210. The molecule has 3 heteroatoms. The van der Waals surface area contributed by atoms with Crippen molar-refractivity contribution in [1.29, 1.82) is 0 Å². The van der Waals surface area contributed by atoms with Crippen molar-refractivity contribution < 1.29 is 0 Å². The molecule has 0 aliphatic carbocycles. The summed E-state index contributed by atoms with van der Waals surface area (Å²) in [6, 6.07) is 2.32. The van der Waals surface area contributed by atoms with E-state index in [0.717, 1.165) is 10.9 Å². The molecule has 0 radical (unpaired) electrons. The molecule has 1 rings (SSSR count). The highest BCUT2D eigenvalue weighted by atomic mass is 79.9. The average molecular weight is 248 g/mol. The van der Waals surface area contributed by atoms with Crippen molar-refractivity contribution in [3.8, 4) is 0 Å². The molecule has 0 fully saturated rings. The Morgan fingerprint density at radius 2 is 2.25 bits per heavy atom. The molecular formula is C9H14BrNS. The van der Waals surface area contributed by atoms with Crippen molar-refractivity contribution in [2.24, 2.45) is 11.7 Å². The van der Waals surface area contributed by atoms with E-state index in [9.17, 15) is 0 Å². The molecule has 1 aromatic rings. The zero-order chi connectivity index (χ0) is 9.14. The van der Waals surface area contributed by atoms with E-state index in [0.29, 0.717) is 5.92 Å². The van der Waals surface area contributed by atoms with Gasteiger partial charge in [-0.15, -0.1) is 11.3 Å². The van der Waals surface area contributed by atoms with Crippen LogP contribution < -0.4 is 5.73 Å². The van der Waals surface area contributed by atoms with Gasteiger partial charge in [0, 0.05) is 20.8 Å². The van der Waals surface area contributed by atoms with E-state index in [1.54, 1.807) is 11.3 Å². The van der Waals surface area contributed by atoms with Crippen LogP contribution in [0.4, 0.5) is 0 Å². The Labute approximate surface area is 86.1 Å². The van der Waals surface area contributed by atoms with Gasteiger partial charge in [0.25, 0.3) is 0 Å². The maximum absolute atomic E-state index is 6.00. The molecule has 0 saturated heterocycles. The number of hydrogen-bond acceptors (Lipinski definition) is 2. The van der Waals surface area contributed by atoms with Crippen molar-refractivity contribution in [1.82, 2.24) is 0 Å². The van der Waals surface area contributed by atoms with E-state index in [1.165, 1.54) is 4.88 Å². The van der Waals surface area contributed by atoms with Crippen molar-refractivity contribution in [3.63, 3.8) is 0 Å². The molecule has 2 N–H and O–H groups in total. The maximum atomic E-state index is 6.00. The maximum Gasteiger partial charge on any atom is 0.0392 e. The van der Waals surface area contributed by atoms with Crippen molar-refractivity contribution in [2.45, 2.75) is 26.3 Å². The van der Waals surface area contributed by atoms with Crippen LogP contribution in [0.1, 0.15) is 31.2 Å². The van der Waals surface area contributed by atoms with Crippen LogP contribution in [-0.2, 0) is 0 Å². The molecule has 0 aliphatic rings. The molecule has 68 valence electrons. The highest BCUT2D eigenvalue weighted by Gasteiger charge is 2.09. The average Bonchev–Trinajstić information content (AvgIpc) is 2.34. The number of hydrogen-bond donors (Lipinski definition) is 1. The van der Waals surface area contributed by atoms with Gasteiger partial charge in [-0.3, -0.25) is 0 Å². The Balaban J connectivity index is 2.58. The summed E-state index contributed by atoms with van der Waals surface area (Å²) in [6.07, 6.45) is 1.06. The molecular weight excluding hydrogens is 234 g/mol. The topological polar surface area (TPSA) is 26.0 Å². The SMILES string of the molecule is CC(C)CC(N)c1cc(Br)cs1. The molecule has 1 nitrogen and oxygen atoms in total. The van der Waals surface area contributed by atoms with Crippen molar-refractivity contribution in [3.05, 3.63) is 20.8 Å². The van der Waals surface area contributed by atoms with Crippen LogP contribution in [0.15, 0.2) is 15.9 Å². The van der Waals surface area contributed by atoms with Crippen LogP contribution in [0.2, 0.25) is 0 Å². The number of halogens is 1. The van der Waals surface area contributed by atoms with Crippen LogP contribution in [0.5, 0.6) is 0 Å². The van der Waals surface area contributed by atoms with Gasteiger partial charge in [0.1, 0.15) is 0 Å². The standard InChI is InChI=1S/C9H14BrNS/c1-6(2)3-8(11)9-4-7(10)5-12-9/h4-6,8H,3,11H2,1-2H3. The lowest BCUT2D eigenvalue weighted by molar-refractivity contribution is 0.515. The van der Waals surface area contributed by atoms with Crippen LogP contribution in [0, 0.1) is 5.92 Å².